The quantitative estimate of drug-likeness (QED) is 0.839. The van der Waals surface area contributed by atoms with Crippen molar-refractivity contribution < 1.29 is 9.53 Å². The van der Waals surface area contributed by atoms with Crippen LogP contribution in [-0.4, -0.2) is 37.1 Å². The Labute approximate surface area is 114 Å². The summed E-state index contributed by atoms with van der Waals surface area (Å²) < 4.78 is 6.04. The molecule has 17 heavy (non-hydrogen) atoms. The number of hydrogen-bond donors (Lipinski definition) is 0. The lowest BCUT2D eigenvalue weighted by atomic mass is 10.2. The molecule has 1 aromatic carbocycles. The highest BCUT2D eigenvalue weighted by Crippen LogP contribution is 2.24. The Morgan fingerprint density at radius 2 is 2.35 bits per heavy atom. The SMILES string of the molecule is COC1CCN(C(=O)c2ccc(Br)c(Cl)c2)C1. The predicted molar refractivity (Wildman–Crippen MR) is 70.5 cm³/mol. The molecule has 0 aromatic heterocycles. The molecule has 1 aromatic rings. The Balaban J connectivity index is 2.12. The topological polar surface area (TPSA) is 29.5 Å². The molecule has 0 radical (unpaired) electrons. The van der Waals surface area contributed by atoms with Crippen molar-refractivity contribution in [2.24, 2.45) is 0 Å². The van der Waals surface area contributed by atoms with Crippen molar-refractivity contribution >= 4 is 33.4 Å². The molecule has 0 aliphatic carbocycles. The van der Waals surface area contributed by atoms with Crippen LogP contribution in [0.3, 0.4) is 0 Å². The Morgan fingerprint density at radius 1 is 1.59 bits per heavy atom. The van der Waals surface area contributed by atoms with Gasteiger partial charge in [-0.3, -0.25) is 4.79 Å². The zero-order valence-corrected chi connectivity index (χ0v) is 11.8. The van der Waals surface area contributed by atoms with Gasteiger partial charge in [0.25, 0.3) is 5.91 Å². The fourth-order valence-electron chi connectivity index (χ4n) is 1.92. The number of halogens is 2. The molecule has 1 saturated heterocycles. The highest BCUT2D eigenvalue weighted by atomic mass is 79.9. The van der Waals surface area contributed by atoms with E-state index in [0.717, 1.165) is 17.4 Å². The van der Waals surface area contributed by atoms with E-state index in [1.807, 2.05) is 0 Å². The summed E-state index contributed by atoms with van der Waals surface area (Å²) >= 11 is 9.28. The van der Waals surface area contributed by atoms with Gasteiger partial charge in [0.05, 0.1) is 11.1 Å². The number of benzene rings is 1. The summed E-state index contributed by atoms with van der Waals surface area (Å²) in [5, 5.41) is 0.554. The molecule has 92 valence electrons. The molecule has 1 aliphatic rings. The Hall–Kier alpha value is -0.580. The average molecular weight is 319 g/mol. The first kappa shape index (κ1) is 12.9. The predicted octanol–water partition coefficient (Wildman–Crippen LogP) is 2.96. The maximum atomic E-state index is 12.2. The average Bonchev–Trinajstić information content (AvgIpc) is 2.80. The molecular formula is C12H13BrClNO2. The van der Waals surface area contributed by atoms with Crippen molar-refractivity contribution in [3.8, 4) is 0 Å². The molecule has 1 amide bonds. The lowest BCUT2D eigenvalue weighted by Gasteiger charge is -2.16. The van der Waals surface area contributed by atoms with Crippen molar-refractivity contribution in [2.75, 3.05) is 20.2 Å². The highest BCUT2D eigenvalue weighted by Gasteiger charge is 2.26. The van der Waals surface area contributed by atoms with Crippen LogP contribution in [0.5, 0.6) is 0 Å². The van der Waals surface area contributed by atoms with Gasteiger partial charge < -0.3 is 9.64 Å². The van der Waals surface area contributed by atoms with Crippen LogP contribution in [0.25, 0.3) is 0 Å². The molecule has 1 aliphatic heterocycles. The summed E-state index contributed by atoms with van der Waals surface area (Å²) in [6.07, 6.45) is 1.05. The van der Waals surface area contributed by atoms with E-state index in [1.54, 1.807) is 30.2 Å². The molecule has 0 spiro atoms. The number of amides is 1. The number of nitrogens with zero attached hydrogens (tertiary/aromatic N) is 1. The van der Waals surface area contributed by atoms with Gasteiger partial charge >= 0.3 is 0 Å². The lowest BCUT2D eigenvalue weighted by Crippen LogP contribution is -2.29. The van der Waals surface area contributed by atoms with Crippen LogP contribution >= 0.6 is 27.5 Å². The van der Waals surface area contributed by atoms with E-state index < -0.39 is 0 Å². The first-order valence-electron chi connectivity index (χ1n) is 5.39. The van der Waals surface area contributed by atoms with E-state index in [1.165, 1.54) is 0 Å². The molecule has 1 atom stereocenters. The van der Waals surface area contributed by atoms with Crippen molar-refractivity contribution in [1.82, 2.24) is 4.90 Å². The van der Waals surface area contributed by atoms with Gasteiger partial charge in [0.1, 0.15) is 0 Å². The Morgan fingerprint density at radius 3 is 2.94 bits per heavy atom. The van der Waals surface area contributed by atoms with Gasteiger partial charge in [0, 0.05) is 30.2 Å². The maximum absolute atomic E-state index is 12.2. The number of rotatable bonds is 2. The molecule has 0 N–H and O–H groups in total. The molecule has 3 nitrogen and oxygen atoms in total. The van der Waals surface area contributed by atoms with E-state index in [-0.39, 0.29) is 12.0 Å². The lowest BCUT2D eigenvalue weighted by molar-refractivity contribution is 0.0724. The first-order chi connectivity index (χ1) is 8.11. The highest BCUT2D eigenvalue weighted by molar-refractivity contribution is 9.10. The summed E-state index contributed by atoms with van der Waals surface area (Å²) in [5.41, 5.74) is 0.620. The minimum Gasteiger partial charge on any atom is -0.380 e. The van der Waals surface area contributed by atoms with Crippen molar-refractivity contribution in [3.63, 3.8) is 0 Å². The van der Waals surface area contributed by atoms with Crippen LogP contribution in [0, 0.1) is 0 Å². The monoisotopic (exact) mass is 317 g/mol. The third kappa shape index (κ3) is 2.81. The number of likely N-dealkylation sites (tertiary alicyclic amines) is 1. The molecule has 1 fully saturated rings. The maximum Gasteiger partial charge on any atom is 0.253 e. The van der Waals surface area contributed by atoms with Crippen LogP contribution in [0.1, 0.15) is 16.8 Å². The van der Waals surface area contributed by atoms with Crippen LogP contribution in [0.4, 0.5) is 0 Å². The molecule has 0 bridgehead atoms. The van der Waals surface area contributed by atoms with Crippen LogP contribution < -0.4 is 0 Å². The largest absolute Gasteiger partial charge is 0.380 e. The molecule has 0 saturated carbocycles. The normalized spacial score (nSPS) is 19.7. The first-order valence-corrected chi connectivity index (χ1v) is 6.56. The summed E-state index contributed by atoms with van der Waals surface area (Å²) in [5.74, 6) is 0.0129. The minimum absolute atomic E-state index is 0.0129. The van der Waals surface area contributed by atoms with Crippen LogP contribution in [0.2, 0.25) is 5.02 Å². The van der Waals surface area contributed by atoms with E-state index >= 15 is 0 Å². The smallest absolute Gasteiger partial charge is 0.253 e. The molecule has 1 unspecified atom stereocenters. The number of methoxy groups -OCH3 is 1. The summed E-state index contributed by atoms with van der Waals surface area (Å²) in [6, 6.07) is 5.26. The van der Waals surface area contributed by atoms with Gasteiger partial charge in [-0.15, -0.1) is 0 Å². The second-order valence-corrected chi connectivity index (χ2v) is 5.29. The van der Waals surface area contributed by atoms with Crippen molar-refractivity contribution in [1.29, 1.82) is 0 Å². The summed E-state index contributed by atoms with van der Waals surface area (Å²) in [7, 11) is 1.68. The standard InChI is InChI=1S/C12H13BrClNO2/c1-17-9-4-5-15(7-9)12(16)8-2-3-10(13)11(14)6-8/h2-3,6,9H,4-5,7H2,1H3. The molecule has 5 heteroatoms. The van der Waals surface area contributed by atoms with Crippen molar-refractivity contribution in [2.45, 2.75) is 12.5 Å². The fraction of sp³-hybridized carbons (Fsp3) is 0.417. The summed E-state index contributed by atoms with van der Waals surface area (Å²) in [4.78, 5) is 14.0. The number of carbonyl (C=O) groups is 1. The second-order valence-electron chi connectivity index (χ2n) is 4.03. The summed E-state index contributed by atoms with van der Waals surface area (Å²) in [6.45, 7) is 1.40. The zero-order valence-electron chi connectivity index (χ0n) is 9.45. The fourth-order valence-corrected chi connectivity index (χ4v) is 2.34. The molecular weight excluding hydrogens is 305 g/mol. The van der Waals surface area contributed by atoms with Crippen LogP contribution in [-0.2, 0) is 4.74 Å². The van der Waals surface area contributed by atoms with E-state index in [2.05, 4.69) is 15.9 Å². The van der Waals surface area contributed by atoms with Gasteiger partial charge in [-0.2, -0.15) is 0 Å². The van der Waals surface area contributed by atoms with E-state index in [9.17, 15) is 4.79 Å². The van der Waals surface area contributed by atoms with Gasteiger partial charge in [-0.05, 0) is 40.5 Å². The minimum atomic E-state index is 0.0129. The number of carbonyl (C=O) groups excluding carboxylic acids is 1. The third-order valence-corrected chi connectivity index (χ3v) is 4.16. The van der Waals surface area contributed by atoms with Gasteiger partial charge in [-0.25, -0.2) is 0 Å². The zero-order chi connectivity index (χ0) is 12.4. The number of hydrogen-bond acceptors (Lipinski definition) is 2. The second kappa shape index (κ2) is 5.38. The number of ether oxygens (including phenoxy) is 1. The van der Waals surface area contributed by atoms with Gasteiger partial charge in [-0.1, -0.05) is 11.6 Å². The van der Waals surface area contributed by atoms with Gasteiger partial charge in [0.15, 0.2) is 0 Å². The van der Waals surface area contributed by atoms with Crippen molar-refractivity contribution in [3.05, 3.63) is 33.3 Å². The Bertz CT molecular complexity index is 439. The van der Waals surface area contributed by atoms with Crippen LogP contribution in [0.15, 0.2) is 22.7 Å². The van der Waals surface area contributed by atoms with Gasteiger partial charge in [0.2, 0.25) is 0 Å². The Kier molecular flexibility index (Phi) is 4.07. The molecule has 1 heterocycles. The third-order valence-electron chi connectivity index (χ3n) is 2.93. The molecule has 2 rings (SSSR count). The van der Waals surface area contributed by atoms with E-state index in [0.29, 0.717) is 17.1 Å². The van der Waals surface area contributed by atoms with E-state index in [4.69, 9.17) is 16.3 Å².